The minimum absolute atomic E-state index is 0.0201. The molecule has 1 aliphatic heterocycles. The molecule has 1 aromatic carbocycles. The summed E-state index contributed by atoms with van der Waals surface area (Å²) in [6, 6.07) is 6.49. The van der Waals surface area contributed by atoms with Crippen LogP contribution in [-0.2, 0) is 4.79 Å². The average Bonchev–Trinajstić information content (AvgIpc) is 2.53. The summed E-state index contributed by atoms with van der Waals surface area (Å²) in [5, 5.41) is 12.9. The monoisotopic (exact) mass is 325 g/mol. The zero-order chi connectivity index (χ0) is 16.8. The van der Waals surface area contributed by atoms with Gasteiger partial charge in [-0.2, -0.15) is 0 Å². The van der Waals surface area contributed by atoms with Crippen LogP contribution in [0.2, 0.25) is 0 Å². The average molecular weight is 325 g/mol. The van der Waals surface area contributed by atoms with Gasteiger partial charge in [0.1, 0.15) is 11.6 Å². The van der Waals surface area contributed by atoms with Crippen molar-refractivity contribution in [1.29, 1.82) is 0 Å². The van der Waals surface area contributed by atoms with Crippen molar-refractivity contribution in [2.45, 2.75) is 25.2 Å². The molecule has 7 heteroatoms. The number of Topliss-reactive ketones (excluding diaryl/α,β-unsaturated/α-hetero) is 1. The Balaban J connectivity index is 2.03. The first-order chi connectivity index (χ1) is 11.5. The minimum Gasteiger partial charge on any atom is -0.508 e. The largest absolute Gasteiger partial charge is 0.508 e. The molecule has 0 amide bonds. The molecule has 2 aromatic rings. The Morgan fingerprint density at radius 3 is 2.71 bits per heavy atom. The van der Waals surface area contributed by atoms with Crippen molar-refractivity contribution in [2.75, 3.05) is 5.32 Å². The van der Waals surface area contributed by atoms with Crippen LogP contribution in [0.4, 0.5) is 5.82 Å². The van der Waals surface area contributed by atoms with Crippen molar-refractivity contribution < 1.29 is 9.90 Å². The molecule has 1 aliphatic carbocycles. The number of aromatic amines is 2. The van der Waals surface area contributed by atoms with Crippen LogP contribution in [0.15, 0.2) is 45.1 Å². The summed E-state index contributed by atoms with van der Waals surface area (Å²) in [6.07, 6.45) is 1.82. The number of fused-ring (bicyclic) bond motifs is 1. The van der Waals surface area contributed by atoms with E-state index >= 15 is 0 Å². The maximum absolute atomic E-state index is 12.5. The number of allylic oxidation sites excluding steroid dienone is 2. The molecule has 0 saturated carbocycles. The molecule has 0 saturated heterocycles. The Bertz CT molecular complexity index is 999. The third kappa shape index (κ3) is 2.17. The second-order valence-electron chi connectivity index (χ2n) is 6.02. The van der Waals surface area contributed by atoms with Gasteiger partial charge in [-0.05, 0) is 30.5 Å². The second kappa shape index (κ2) is 5.23. The van der Waals surface area contributed by atoms with Gasteiger partial charge in [-0.15, -0.1) is 0 Å². The summed E-state index contributed by atoms with van der Waals surface area (Å²) in [5.41, 5.74) is 1.05. The number of benzene rings is 1. The first-order valence-electron chi connectivity index (χ1n) is 7.73. The van der Waals surface area contributed by atoms with Crippen LogP contribution in [0.3, 0.4) is 0 Å². The predicted octanol–water partition coefficient (Wildman–Crippen LogP) is 1.33. The van der Waals surface area contributed by atoms with Crippen LogP contribution >= 0.6 is 0 Å². The summed E-state index contributed by atoms with van der Waals surface area (Å²) in [5.74, 6) is -0.269. The molecule has 0 spiro atoms. The number of phenols is 1. The Labute approximate surface area is 136 Å². The molecule has 1 aromatic heterocycles. The lowest BCUT2D eigenvalue weighted by atomic mass is 9.76. The van der Waals surface area contributed by atoms with Gasteiger partial charge in [0.05, 0.1) is 5.56 Å². The highest BCUT2D eigenvalue weighted by Gasteiger charge is 2.37. The summed E-state index contributed by atoms with van der Waals surface area (Å²) in [6.45, 7) is 0. The van der Waals surface area contributed by atoms with E-state index in [4.69, 9.17) is 0 Å². The molecule has 0 bridgehead atoms. The van der Waals surface area contributed by atoms with Gasteiger partial charge in [0.25, 0.3) is 5.56 Å². The lowest BCUT2D eigenvalue weighted by molar-refractivity contribution is -0.116. The molecule has 1 atom stereocenters. The van der Waals surface area contributed by atoms with Crippen LogP contribution in [0, 0.1) is 0 Å². The number of anilines is 1. The van der Waals surface area contributed by atoms with E-state index in [-0.39, 0.29) is 17.1 Å². The smallest absolute Gasteiger partial charge is 0.327 e. The minimum atomic E-state index is -0.614. The highest BCUT2D eigenvalue weighted by Crippen LogP contribution is 2.43. The van der Waals surface area contributed by atoms with Crippen LogP contribution in [0.1, 0.15) is 36.3 Å². The summed E-state index contributed by atoms with van der Waals surface area (Å²) >= 11 is 0. The fourth-order valence-electron chi connectivity index (χ4n) is 3.53. The number of hydrogen-bond donors (Lipinski definition) is 4. The molecule has 7 nitrogen and oxygen atoms in total. The number of carbonyl (C=O) groups is 1. The molecular weight excluding hydrogens is 310 g/mol. The zero-order valence-corrected chi connectivity index (χ0v) is 12.7. The van der Waals surface area contributed by atoms with Crippen molar-refractivity contribution in [3.8, 4) is 5.75 Å². The molecule has 4 rings (SSSR count). The lowest BCUT2D eigenvalue weighted by Crippen LogP contribution is -2.36. The van der Waals surface area contributed by atoms with Crippen molar-refractivity contribution in [1.82, 2.24) is 9.97 Å². The standard InChI is InChI=1S/C17H15N3O4/c21-9-4-1-3-8(7-9)12-13-10(5-2-6-11(13)22)18-15-14(12)16(23)20-17(24)19-15/h1,3-4,7,12,21H,2,5-6H2,(H3,18,19,20,23,24)/t12-/m1/s1. The molecule has 0 fully saturated rings. The van der Waals surface area contributed by atoms with Crippen molar-refractivity contribution >= 4 is 11.6 Å². The molecular formula is C17H15N3O4. The van der Waals surface area contributed by atoms with E-state index in [0.29, 0.717) is 29.8 Å². The van der Waals surface area contributed by atoms with Crippen molar-refractivity contribution in [2.24, 2.45) is 0 Å². The van der Waals surface area contributed by atoms with E-state index < -0.39 is 17.2 Å². The maximum Gasteiger partial charge on any atom is 0.327 e. The van der Waals surface area contributed by atoms with Crippen LogP contribution < -0.4 is 16.6 Å². The number of rotatable bonds is 1. The molecule has 4 N–H and O–H groups in total. The van der Waals surface area contributed by atoms with E-state index in [1.165, 1.54) is 12.1 Å². The molecule has 2 heterocycles. The van der Waals surface area contributed by atoms with Gasteiger partial charge in [0, 0.05) is 23.6 Å². The van der Waals surface area contributed by atoms with Crippen LogP contribution in [0.5, 0.6) is 5.75 Å². The summed E-state index contributed by atoms with van der Waals surface area (Å²) in [7, 11) is 0. The van der Waals surface area contributed by atoms with Crippen LogP contribution in [0.25, 0.3) is 0 Å². The van der Waals surface area contributed by atoms with E-state index in [9.17, 15) is 19.5 Å². The number of carbonyl (C=O) groups excluding carboxylic acids is 1. The second-order valence-corrected chi connectivity index (χ2v) is 6.02. The quantitative estimate of drug-likeness (QED) is 0.631. The first-order valence-corrected chi connectivity index (χ1v) is 7.73. The van der Waals surface area contributed by atoms with E-state index in [1.54, 1.807) is 12.1 Å². The van der Waals surface area contributed by atoms with Gasteiger partial charge in [0.15, 0.2) is 5.78 Å². The SMILES string of the molecule is O=C1CCCC2=C1[C@@H](c1cccc(O)c1)c1c([nH]c(=O)[nH]c1=O)N2. The van der Waals surface area contributed by atoms with Gasteiger partial charge in [0.2, 0.25) is 0 Å². The molecule has 0 unspecified atom stereocenters. The number of phenolic OH excluding ortho intramolecular Hbond substituents is 1. The number of aromatic hydroxyl groups is 1. The Hall–Kier alpha value is -3.09. The van der Waals surface area contributed by atoms with Crippen molar-refractivity contribution in [3.63, 3.8) is 0 Å². The summed E-state index contributed by atoms with van der Waals surface area (Å²) < 4.78 is 0. The third-order valence-corrected chi connectivity index (χ3v) is 4.49. The van der Waals surface area contributed by atoms with E-state index in [0.717, 1.165) is 12.1 Å². The number of nitrogens with one attached hydrogen (secondary N) is 3. The molecule has 122 valence electrons. The Kier molecular flexibility index (Phi) is 3.16. The van der Waals surface area contributed by atoms with E-state index in [1.807, 2.05) is 0 Å². The highest BCUT2D eigenvalue weighted by molar-refractivity contribution is 6.00. The topological polar surface area (TPSA) is 115 Å². The van der Waals surface area contributed by atoms with Gasteiger partial charge >= 0.3 is 5.69 Å². The Morgan fingerprint density at radius 1 is 1.08 bits per heavy atom. The van der Waals surface area contributed by atoms with Gasteiger partial charge in [-0.1, -0.05) is 12.1 Å². The molecule has 2 aliphatic rings. The molecule has 24 heavy (non-hydrogen) atoms. The third-order valence-electron chi connectivity index (χ3n) is 4.49. The first kappa shape index (κ1) is 14.5. The predicted molar refractivity (Wildman–Crippen MR) is 87.1 cm³/mol. The highest BCUT2D eigenvalue weighted by atomic mass is 16.3. The lowest BCUT2D eigenvalue weighted by Gasteiger charge is -2.32. The van der Waals surface area contributed by atoms with Gasteiger partial charge in [-0.3, -0.25) is 19.6 Å². The summed E-state index contributed by atoms with van der Waals surface area (Å²) in [4.78, 5) is 41.4. The number of ketones is 1. The Morgan fingerprint density at radius 2 is 1.92 bits per heavy atom. The van der Waals surface area contributed by atoms with Crippen molar-refractivity contribution in [3.05, 3.63) is 67.5 Å². The van der Waals surface area contributed by atoms with E-state index in [2.05, 4.69) is 15.3 Å². The molecule has 0 radical (unpaired) electrons. The van der Waals surface area contributed by atoms with Gasteiger partial charge in [-0.25, -0.2) is 4.79 Å². The fourth-order valence-corrected chi connectivity index (χ4v) is 3.53. The van der Waals surface area contributed by atoms with Gasteiger partial charge < -0.3 is 10.4 Å². The zero-order valence-electron chi connectivity index (χ0n) is 12.7. The maximum atomic E-state index is 12.5. The normalized spacial score (nSPS) is 19.5. The number of aromatic nitrogens is 2. The number of hydrogen-bond acceptors (Lipinski definition) is 5. The van der Waals surface area contributed by atoms with Crippen LogP contribution in [-0.4, -0.2) is 20.9 Å². The number of H-pyrrole nitrogens is 2. The fraction of sp³-hybridized carbons (Fsp3) is 0.235.